The van der Waals surface area contributed by atoms with Crippen LogP contribution in [0.5, 0.6) is 0 Å². The standard InChI is InChI=1S/C25H25Cl2NO2/c1-17(2)24(19-7-9-20(26)10-8-19)25(29)30-16-18-5-4-6-23(15-18)28(3)22-13-11-21(27)12-14-22/h4-15,17,24H,16H2,1-3H3. The average Bonchev–Trinajstić information content (AvgIpc) is 2.74. The molecule has 0 saturated carbocycles. The van der Waals surface area contributed by atoms with Gasteiger partial charge in [0.1, 0.15) is 6.61 Å². The lowest BCUT2D eigenvalue weighted by atomic mass is 9.88. The molecule has 0 N–H and O–H groups in total. The maximum atomic E-state index is 12.8. The van der Waals surface area contributed by atoms with Crippen LogP contribution in [0.25, 0.3) is 0 Å². The smallest absolute Gasteiger partial charge is 0.314 e. The maximum absolute atomic E-state index is 12.8. The van der Waals surface area contributed by atoms with Crippen LogP contribution in [0.1, 0.15) is 30.9 Å². The van der Waals surface area contributed by atoms with E-state index in [2.05, 4.69) is 4.90 Å². The Balaban J connectivity index is 1.70. The van der Waals surface area contributed by atoms with Crippen LogP contribution in [0, 0.1) is 5.92 Å². The molecule has 3 nitrogen and oxygen atoms in total. The fourth-order valence-electron chi connectivity index (χ4n) is 3.38. The van der Waals surface area contributed by atoms with Gasteiger partial charge in [0.2, 0.25) is 0 Å². The maximum Gasteiger partial charge on any atom is 0.314 e. The Bertz CT molecular complexity index is 985. The lowest BCUT2D eigenvalue weighted by Gasteiger charge is -2.21. The van der Waals surface area contributed by atoms with Gasteiger partial charge in [0.15, 0.2) is 0 Å². The minimum Gasteiger partial charge on any atom is -0.460 e. The zero-order valence-corrected chi connectivity index (χ0v) is 18.8. The summed E-state index contributed by atoms with van der Waals surface area (Å²) in [6, 6.07) is 23.0. The summed E-state index contributed by atoms with van der Waals surface area (Å²) >= 11 is 12.0. The highest BCUT2D eigenvalue weighted by molar-refractivity contribution is 6.30. The van der Waals surface area contributed by atoms with Crippen molar-refractivity contribution >= 4 is 40.5 Å². The van der Waals surface area contributed by atoms with Crippen LogP contribution >= 0.6 is 23.2 Å². The van der Waals surface area contributed by atoms with Crippen molar-refractivity contribution in [3.8, 4) is 0 Å². The largest absolute Gasteiger partial charge is 0.460 e. The number of carbonyl (C=O) groups is 1. The number of hydrogen-bond acceptors (Lipinski definition) is 3. The number of rotatable bonds is 7. The molecule has 3 rings (SSSR count). The third-order valence-corrected chi connectivity index (χ3v) is 5.55. The lowest BCUT2D eigenvalue weighted by molar-refractivity contribution is -0.148. The summed E-state index contributed by atoms with van der Waals surface area (Å²) in [7, 11) is 1.99. The molecule has 0 spiro atoms. The van der Waals surface area contributed by atoms with Crippen LogP contribution in [-0.4, -0.2) is 13.0 Å². The molecule has 30 heavy (non-hydrogen) atoms. The van der Waals surface area contributed by atoms with Gasteiger partial charge in [0.05, 0.1) is 5.92 Å². The summed E-state index contributed by atoms with van der Waals surface area (Å²) < 4.78 is 5.68. The van der Waals surface area contributed by atoms with Crippen molar-refractivity contribution < 1.29 is 9.53 Å². The molecule has 0 heterocycles. The van der Waals surface area contributed by atoms with Gasteiger partial charge in [-0.25, -0.2) is 0 Å². The minimum absolute atomic E-state index is 0.112. The van der Waals surface area contributed by atoms with E-state index in [0.29, 0.717) is 10.0 Å². The van der Waals surface area contributed by atoms with Gasteiger partial charge in [0.25, 0.3) is 0 Å². The van der Waals surface area contributed by atoms with Gasteiger partial charge < -0.3 is 9.64 Å². The van der Waals surface area contributed by atoms with Gasteiger partial charge in [-0.15, -0.1) is 0 Å². The molecule has 3 aromatic rings. The highest BCUT2D eigenvalue weighted by atomic mass is 35.5. The van der Waals surface area contributed by atoms with E-state index < -0.39 is 0 Å². The Morgan fingerprint density at radius 1 is 0.900 bits per heavy atom. The molecule has 0 aromatic heterocycles. The van der Waals surface area contributed by atoms with Crippen LogP contribution in [0.15, 0.2) is 72.8 Å². The van der Waals surface area contributed by atoms with E-state index in [4.69, 9.17) is 27.9 Å². The highest BCUT2D eigenvalue weighted by Crippen LogP contribution is 2.29. The van der Waals surface area contributed by atoms with Crippen LogP contribution in [0.2, 0.25) is 10.0 Å². The molecule has 0 radical (unpaired) electrons. The Hall–Kier alpha value is -2.49. The summed E-state index contributed by atoms with van der Waals surface area (Å²) in [5, 5.41) is 1.35. The van der Waals surface area contributed by atoms with Crippen molar-refractivity contribution in [1.29, 1.82) is 0 Å². The van der Waals surface area contributed by atoms with Crippen LogP contribution in [0.4, 0.5) is 11.4 Å². The van der Waals surface area contributed by atoms with Crippen LogP contribution in [0.3, 0.4) is 0 Å². The molecule has 0 bridgehead atoms. The van der Waals surface area contributed by atoms with Crippen molar-refractivity contribution in [3.63, 3.8) is 0 Å². The fraction of sp³-hybridized carbons (Fsp3) is 0.240. The van der Waals surface area contributed by atoms with Gasteiger partial charge in [0, 0.05) is 28.5 Å². The van der Waals surface area contributed by atoms with Crippen molar-refractivity contribution in [3.05, 3.63) is 94.0 Å². The first-order valence-electron chi connectivity index (χ1n) is 9.85. The van der Waals surface area contributed by atoms with E-state index >= 15 is 0 Å². The van der Waals surface area contributed by atoms with Gasteiger partial charge >= 0.3 is 5.97 Å². The molecule has 0 aliphatic rings. The van der Waals surface area contributed by atoms with E-state index in [0.717, 1.165) is 22.5 Å². The second-order valence-corrected chi connectivity index (χ2v) is 8.46. The number of benzene rings is 3. The van der Waals surface area contributed by atoms with E-state index in [1.165, 1.54) is 0 Å². The van der Waals surface area contributed by atoms with E-state index in [-0.39, 0.29) is 24.4 Å². The van der Waals surface area contributed by atoms with Gasteiger partial charge in [-0.2, -0.15) is 0 Å². The van der Waals surface area contributed by atoms with Crippen molar-refractivity contribution in [2.24, 2.45) is 5.92 Å². The number of ether oxygens (including phenoxy) is 1. The highest BCUT2D eigenvalue weighted by Gasteiger charge is 2.25. The predicted molar refractivity (Wildman–Crippen MR) is 125 cm³/mol. The Morgan fingerprint density at radius 2 is 1.50 bits per heavy atom. The first-order chi connectivity index (χ1) is 14.3. The zero-order valence-electron chi connectivity index (χ0n) is 17.3. The van der Waals surface area contributed by atoms with Gasteiger partial charge in [-0.1, -0.05) is 61.3 Å². The molecule has 3 aromatic carbocycles. The van der Waals surface area contributed by atoms with Crippen molar-refractivity contribution in [1.82, 2.24) is 0 Å². The van der Waals surface area contributed by atoms with Gasteiger partial charge in [-0.3, -0.25) is 4.79 Å². The molecule has 0 aliphatic heterocycles. The lowest BCUT2D eigenvalue weighted by Crippen LogP contribution is -2.21. The summed E-state index contributed by atoms with van der Waals surface area (Å²) in [5.74, 6) is -0.452. The molecule has 0 aliphatic carbocycles. The Labute approximate surface area is 188 Å². The summed E-state index contributed by atoms with van der Waals surface area (Å²) in [6.07, 6.45) is 0. The van der Waals surface area contributed by atoms with Crippen molar-refractivity contribution in [2.75, 3.05) is 11.9 Å². The van der Waals surface area contributed by atoms with E-state index in [1.807, 2.05) is 81.6 Å². The second kappa shape index (κ2) is 10.0. The first kappa shape index (κ1) is 22.2. The van der Waals surface area contributed by atoms with E-state index in [1.54, 1.807) is 12.1 Å². The summed E-state index contributed by atoms with van der Waals surface area (Å²) in [4.78, 5) is 14.9. The van der Waals surface area contributed by atoms with E-state index in [9.17, 15) is 4.79 Å². The molecular weight excluding hydrogens is 417 g/mol. The Kier molecular flexibility index (Phi) is 7.41. The molecule has 1 unspecified atom stereocenters. The van der Waals surface area contributed by atoms with Gasteiger partial charge in [-0.05, 0) is 65.6 Å². The molecule has 0 fully saturated rings. The number of hydrogen-bond donors (Lipinski definition) is 0. The molecule has 5 heteroatoms. The molecule has 0 saturated heterocycles. The normalized spacial score (nSPS) is 11.9. The topological polar surface area (TPSA) is 29.5 Å². The SMILES string of the molecule is CC(C)C(C(=O)OCc1cccc(N(C)c2ccc(Cl)cc2)c1)c1ccc(Cl)cc1. The molecule has 156 valence electrons. The number of esters is 1. The molecule has 1 atom stereocenters. The molecular formula is C25H25Cl2NO2. The van der Waals surface area contributed by atoms with Crippen molar-refractivity contribution in [2.45, 2.75) is 26.4 Å². The first-order valence-corrected chi connectivity index (χ1v) is 10.6. The monoisotopic (exact) mass is 441 g/mol. The number of nitrogens with zero attached hydrogens (tertiary/aromatic N) is 1. The summed E-state index contributed by atoms with van der Waals surface area (Å²) in [6.45, 7) is 4.25. The molecule has 0 amide bonds. The zero-order chi connectivity index (χ0) is 21.7. The third kappa shape index (κ3) is 5.56. The quantitative estimate of drug-likeness (QED) is 0.361. The van der Waals surface area contributed by atoms with Crippen LogP contribution < -0.4 is 4.90 Å². The number of carbonyl (C=O) groups excluding carboxylic acids is 1. The third-order valence-electron chi connectivity index (χ3n) is 5.04. The summed E-state index contributed by atoms with van der Waals surface area (Å²) in [5.41, 5.74) is 3.87. The van der Waals surface area contributed by atoms with Crippen LogP contribution in [-0.2, 0) is 16.1 Å². The Morgan fingerprint density at radius 3 is 2.10 bits per heavy atom. The minimum atomic E-state index is -0.331. The number of halogens is 2. The average molecular weight is 442 g/mol. The fourth-order valence-corrected chi connectivity index (χ4v) is 3.63. The number of anilines is 2. The second-order valence-electron chi connectivity index (χ2n) is 7.59. The predicted octanol–water partition coefficient (Wildman–Crippen LogP) is 7.24.